The zero-order chi connectivity index (χ0) is 13.4. The van der Waals surface area contributed by atoms with Gasteiger partial charge in [-0.3, -0.25) is 4.79 Å². The lowest BCUT2D eigenvalue weighted by molar-refractivity contribution is -0.120. The minimum absolute atomic E-state index is 0.145. The lowest BCUT2D eigenvalue weighted by Crippen LogP contribution is -2.42. The van der Waals surface area contributed by atoms with Crippen LogP contribution in [0.4, 0.5) is 0 Å². The molecule has 2 N–H and O–H groups in total. The molecule has 0 heterocycles. The van der Waals surface area contributed by atoms with E-state index in [0.717, 1.165) is 13.0 Å². The van der Waals surface area contributed by atoms with Crippen LogP contribution in [0.15, 0.2) is 0 Å². The van der Waals surface area contributed by atoms with Gasteiger partial charge in [0.2, 0.25) is 5.91 Å². The van der Waals surface area contributed by atoms with Crippen LogP contribution in [-0.4, -0.2) is 25.0 Å². The second kappa shape index (κ2) is 8.52. The number of hydrogen-bond donors (Lipinski definition) is 2. The van der Waals surface area contributed by atoms with Crippen LogP contribution in [0.5, 0.6) is 0 Å². The van der Waals surface area contributed by atoms with Gasteiger partial charge in [-0.05, 0) is 31.1 Å². The molecule has 0 aliphatic heterocycles. The predicted octanol–water partition coefficient (Wildman–Crippen LogP) is 2.71. The van der Waals surface area contributed by atoms with Gasteiger partial charge in [-0.2, -0.15) is 0 Å². The third-order valence-electron chi connectivity index (χ3n) is 3.93. The number of amides is 1. The highest BCUT2D eigenvalue weighted by molar-refractivity contribution is 5.77. The third-order valence-corrected chi connectivity index (χ3v) is 3.93. The molecule has 1 saturated carbocycles. The van der Waals surface area contributed by atoms with Crippen molar-refractivity contribution in [3.63, 3.8) is 0 Å². The Hall–Kier alpha value is -0.570. The van der Waals surface area contributed by atoms with Gasteiger partial charge >= 0.3 is 0 Å². The SMILES string of the molecule is CC(C)CCNC(=O)CNC1CCCCCC1C. The first-order valence-electron chi connectivity index (χ1n) is 7.59. The van der Waals surface area contributed by atoms with E-state index >= 15 is 0 Å². The molecule has 3 heteroatoms. The molecule has 0 aromatic rings. The van der Waals surface area contributed by atoms with Crippen molar-refractivity contribution in [2.75, 3.05) is 13.1 Å². The van der Waals surface area contributed by atoms with E-state index in [1.807, 2.05) is 0 Å². The summed E-state index contributed by atoms with van der Waals surface area (Å²) in [5.74, 6) is 1.50. The summed E-state index contributed by atoms with van der Waals surface area (Å²) < 4.78 is 0. The van der Waals surface area contributed by atoms with Crippen LogP contribution in [-0.2, 0) is 4.79 Å². The molecule has 0 spiro atoms. The van der Waals surface area contributed by atoms with E-state index in [-0.39, 0.29) is 5.91 Å². The fourth-order valence-electron chi connectivity index (χ4n) is 2.58. The zero-order valence-corrected chi connectivity index (χ0v) is 12.3. The number of rotatable bonds is 6. The van der Waals surface area contributed by atoms with Crippen molar-refractivity contribution in [2.45, 2.75) is 65.3 Å². The average molecular weight is 254 g/mol. The normalized spacial score (nSPS) is 24.9. The highest BCUT2D eigenvalue weighted by Gasteiger charge is 2.19. The van der Waals surface area contributed by atoms with Crippen molar-refractivity contribution in [2.24, 2.45) is 11.8 Å². The minimum Gasteiger partial charge on any atom is -0.355 e. The van der Waals surface area contributed by atoms with E-state index in [4.69, 9.17) is 0 Å². The van der Waals surface area contributed by atoms with E-state index < -0.39 is 0 Å². The average Bonchev–Trinajstić information content (AvgIpc) is 2.51. The van der Waals surface area contributed by atoms with Gasteiger partial charge in [0.05, 0.1) is 6.54 Å². The number of hydrogen-bond acceptors (Lipinski definition) is 2. The molecule has 18 heavy (non-hydrogen) atoms. The van der Waals surface area contributed by atoms with Gasteiger partial charge in [0, 0.05) is 12.6 Å². The molecule has 0 aromatic heterocycles. The molecule has 0 saturated heterocycles. The van der Waals surface area contributed by atoms with E-state index in [1.54, 1.807) is 0 Å². The maximum absolute atomic E-state index is 11.7. The molecule has 2 atom stereocenters. The van der Waals surface area contributed by atoms with Crippen molar-refractivity contribution >= 4 is 5.91 Å². The van der Waals surface area contributed by atoms with E-state index in [9.17, 15) is 4.79 Å². The van der Waals surface area contributed by atoms with Crippen LogP contribution in [0.2, 0.25) is 0 Å². The molecule has 0 bridgehead atoms. The maximum atomic E-state index is 11.7. The summed E-state index contributed by atoms with van der Waals surface area (Å²) in [6.45, 7) is 7.94. The molecular formula is C15H30N2O. The fraction of sp³-hybridized carbons (Fsp3) is 0.933. The topological polar surface area (TPSA) is 41.1 Å². The molecule has 2 unspecified atom stereocenters. The largest absolute Gasteiger partial charge is 0.355 e. The Balaban J connectivity index is 2.16. The summed E-state index contributed by atoms with van der Waals surface area (Å²) in [6, 6.07) is 0.531. The van der Waals surface area contributed by atoms with Crippen molar-refractivity contribution < 1.29 is 4.79 Å². The fourth-order valence-corrected chi connectivity index (χ4v) is 2.58. The standard InChI is InChI=1S/C15H30N2O/c1-12(2)9-10-16-15(18)11-17-14-8-6-4-5-7-13(14)3/h12-14,17H,4-11H2,1-3H3,(H,16,18). The van der Waals surface area contributed by atoms with E-state index in [1.165, 1.54) is 32.1 Å². The lowest BCUT2D eigenvalue weighted by atomic mass is 9.97. The first-order chi connectivity index (χ1) is 8.59. The Bertz CT molecular complexity index is 241. The highest BCUT2D eigenvalue weighted by atomic mass is 16.1. The molecule has 1 fully saturated rings. The summed E-state index contributed by atoms with van der Waals surface area (Å²) in [7, 11) is 0. The lowest BCUT2D eigenvalue weighted by Gasteiger charge is -2.22. The van der Waals surface area contributed by atoms with E-state index in [0.29, 0.717) is 24.4 Å². The second-order valence-corrected chi connectivity index (χ2v) is 6.14. The van der Waals surface area contributed by atoms with Gasteiger partial charge < -0.3 is 10.6 Å². The van der Waals surface area contributed by atoms with Crippen molar-refractivity contribution in [1.29, 1.82) is 0 Å². The van der Waals surface area contributed by atoms with Gasteiger partial charge in [-0.25, -0.2) is 0 Å². The van der Waals surface area contributed by atoms with Crippen molar-refractivity contribution in [3.8, 4) is 0 Å². The Morgan fingerprint density at radius 2 is 1.94 bits per heavy atom. The predicted molar refractivity (Wildman–Crippen MR) is 76.5 cm³/mol. The molecule has 0 aromatic carbocycles. The van der Waals surface area contributed by atoms with Crippen molar-refractivity contribution in [3.05, 3.63) is 0 Å². The first kappa shape index (κ1) is 15.5. The number of carbonyl (C=O) groups excluding carboxylic acids is 1. The summed E-state index contributed by atoms with van der Waals surface area (Å²) in [6.07, 6.45) is 7.58. The summed E-state index contributed by atoms with van der Waals surface area (Å²) in [5, 5.41) is 6.42. The summed E-state index contributed by atoms with van der Waals surface area (Å²) in [4.78, 5) is 11.7. The Morgan fingerprint density at radius 3 is 2.67 bits per heavy atom. The molecular weight excluding hydrogens is 224 g/mol. The van der Waals surface area contributed by atoms with Crippen LogP contribution >= 0.6 is 0 Å². The first-order valence-corrected chi connectivity index (χ1v) is 7.59. The molecule has 1 aliphatic carbocycles. The third kappa shape index (κ3) is 6.39. The summed E-state index contributed by atoms with van der Waals surface area (Å²) in [5.41, 5.74) is 0. The highest BCUT2D eigenvalue weighted by Crippen LogP contribution is 2.22. The monoisotopic (exact) mass is 254 g/mol. The van der Waals surface area contributed by atoms with Crippen LogP contribution in [0, 0.1) is 11.8 Å². The Kier molecular flexibility index (Phi) is 7.33. The van der Waals surface area contributed by atoms with E-state index in [2.05, 4.69) is 31.4 Å². The number of nitrogens with one attached hydrogen (secondary N) is 2. The molecule has 1 aliphatic rings. The van der Waals surface area contributed by atoms with Gasteiger partial charge in [-0.15, -0.1) is 0 Å². The quantitative estimate of drug-likeness (QED) is 0.716. The minimum atomic E-state index is 0.145. The molecule has 3 nitrogen and oxygen atoms in total. The Labute approximate surface area is 112 Å². The van der Waals surface area contributed by atoms with Gasteiger partial charge in [0.25, 0.3) is 0 Å². The zero-order valence-electron chi connectivity index (χ0n) is 12.3. The molecule has 1 rings (SSSR count). The van der Waals surface area contributed by atoms with Gasteiger partial charge in [0.1, 0.15) is 0 Å². The number of carbonyl (C=O) groups is 1. The Morgan fingerprint density at radius 1 is 1.22 bits per heavy atom. The molecule has 106 valence electrons. The van der Waals surface area contributed by atoms with Crippen LogP contribution in [0.3, 0.4) is 0 Å². The summed E-state index contributed by atoms with van der Waals surface area (Å²) >= 11 is 0. The van der Waals surface area contributed by atoms with Crippen LogP contribution < -0.4 is 10.6 Å². The van der Waals surface area contributed by atoms with Gasteiger partial charge in [-0.1, -0.05) is 40.0 Å². The van der Waals surface area contributed by atoms with Crippen LogP contribution in [0.1, 0.15) is 59.3 Å². The second-order valence-electron chi connectivity index (χ2n) is 6.14. The van der Waals surface area contributed by atoms with Crippen molar-refractivity contribution in [1.82, 2.24) is 10.6 Å². The molecule has 0 radical (unpaired) electrons. The van der Waals surface area contributed by atoms with Gasteiger partial charge in [0.15, 0.2) is 0 Å². The maximum Gasteiger partial charge on any atom is 0.233 e. The van der Waals surface area contributed by atoms with Crippen LogP contribution in [0.25, 0.3) is 0 Å². The smallest absolute Gasteiger partial charge is 0.233 e. The molecule has 1 amide bonds.